The van der Waals surface area contributed by atoms with Crippen molar-refractivity contribution in [1.82, 2.24) is 9.97 Å². The topological polar surface area (TPSA) is 25.8 Å². The van der Waals surface area contributed by atoms with E-state index in [1.807, 2.05) is 0 Å². The number of fused-ring (bicyclic) bond motifs is 1. The average molecular weight is 291 g/mol. The van der Waals surface area contributed by atoms with Gasteiger partial charge in [0.15, 0.2) is 0 Å². The number of benzene rings is 1. The fraction of sp³-hybridized carbons (Fsp3) is 0.200. The maximum absolute atomic E-state index is 13.3. The summed E-state index contributed by atoms with van der Waals surface area (Å²) in [6.45, 7) is 0.744. The Hall–Kier alpha value is -1.17. The van der Waals surface area contributed by atoms with E-state index in [1.165, 1.54) is 12.3 Å². The van der Waals surface area contributed by atoms with Crippen molar-refractivity contribution in [3.8, 4) is 0 Å². The molecule has 0 radical (unpaired) electrons. The summed E-state index contributed by atoms with van der Waals surface area (Å²) in [5.74, 6) is -3.08. The Balaban J connectivity index is 2.85. The third kappa shape index (κ3) is 2.02. The molecule has 0 saturated carbocycles. The molecule has 0 saturated heterocycles. The van der Waals surface area contributed by atoms with Crippen LogP contribution in [0.15, 0.2) is 22.8 Å². The van der Waals surface area contributed by atoms with Crippen LogP contribution in [0.1, 0.15) is 12.5 Å². The molecule has 0 unspecified atom stereocenters. The van der Waals surface area contributed by atoms with Gasteiger partial charge in [-0.2, -0.15) is 4.39 Å². The second kappa shape index (κ2) is 3.69. The van der Waals surface area contributed by atoms with Crippen LogP contribution in [-0.4, -0.2) is 9.97 Å². The van der Waals surface area contributed by atoms with E-state index < -0.39 is 12.0 Å². The van der Waals surface area contributed by atoms with Gasteiger partial charge < -0.3 is 0 Å². The van der Waals surface area contributed by atoms with Crippen molar-refractivity contribution in [2.75, 3.05) is 0 Å². The van der Waals surface area contributed by atoms with Gasteiger partial charge in [-0.15, -0.1) is 0 Å². The number of nitrogens with zero attached hydrogens (tertiary/aromatic N) is 2. The SMILES string of the molecule is CC(F)(F)c1cc(Br)cc2cnc(F)nc12. The second-order valence-electron chi connectivity index (χ2n) is 3.42. The summed E-state index contributed by atoms with van der Waals surface area (Å²) < 4.78 is 39.9. The zero-order valence-electron chi connectivity index (χ0n) is 8.14. The summed E-state index contributed by atoms with van der Waals surface area (Å²) in [7, 11) is 0. The molecule has 0 N–H and O–H groups in total. The van der Waals surface area contributed by atoms with Gasteiger partial charge in [-0.25, -0.2) is 18.7 Å². The van der Waals surface area contributed by atoms with Crippen LogP contribution in [0.4, 0.5) is 13.2 Å². The lowest BCUT2D eigenvalue weighted by Crippen LogP contribution is -2.09. The molecule has 1 heterocycles. The second-order valence-corrected chi connectivity index (χ2v) is 4.33. The third-order valence-corrected chi connectivity index (χ3v) is 2.55. The molecule has 0 bridgehead atoms. The minimum Gasteiger partial charge on any atom is -0.210 e. The fourth-order valence-corrected chi connectivity index (χ4v) is 1.90. The van der Waals surface area contributed by atoms with Gasteiger partial charge in [0, 0.05) is 28.5 Å². The van der Waals surface area contributed by atoms with Crippen molar-refractivity contribution in [1.29, 1.82) is 0 Å². The average Bonchev–Trinajstić information content (AvgIpc) is 2.16. The lowest BCUT2D eigenvalue weighted by atomic mass is 10.1. The first-order chi connectivity index (χ1) is 7.38. The van der Waals surface area contributed by atoms with E-state index in [9.17, 15) is 13.2 Å². The first kappa shape index (κ1) is 11.3. The maximum Gasteiger partial charge on any atom is 0.309 e. The minimum absolute atomic E-state index is 0.0665. The number of aromatic nitrogens is 2. The normalized spacial score (nSPS) is 12.1. The molecule has 16 heavy (non-hydrogen) atoms. The number of halogens is 4. The van der Waals surface area contributed by atoms with Crippen LogP contribution in [0.5, 0.6) is 0 Å². The molecule has 1 aromatic heterocycles. The van der Waals surface area contributed by atoms with Crippen molar-refractivity contribution in [2.24, 2.45) is 0 Å². The molecular formula is C10H6BrF3N2. The molecule has 0 amide bonds. The van der Waals surface area contributed by atoms with Gasteiger partial charge in [-0.3, -0.25) is 0 Å². The van der Waals surface area contributed by atoms with Crippen molar-refractivity contribution in [3.63, 3.8) is 0 Å². The van der Waals surface area contributed by atoms with Gasteiger partial charge in [0.2, 0.25) is 0 Å². The highest BCUT2D eigenvalue weighted by molar-refractivity contribution is 9.10. The third-order valence-electron chi connectivity index (χ3n) is 2.09. The molecule has 0 aliphatic heterocycles. The van der Waals surface area contributed by atoms with Gasteiger partial charge in [0.25, 0.3) is 5.92 Å². The Bertz CT molecular complexity index is 551. The Kier molecular flexibility index (Phi) is 2.61. The quantitative estimate of drug-likeness (QED) is 0.750. The van der Waals surface area contributed by atoms with E-state index in [1.54, 1.807) is 6.07 Å². The highest BCUT2D eigenvalue weighted by atomic mass is 79.9. The predicted octanol–water partition coefficient (Wildman–Crippen LogP) is 3.64. The molecule has 0 aliphatic carbocycles. The number of alkyl halides is 2. The number of rotatable bonds is 1. The van der Waals surface area contributed by atoms with Crippen LogP contribution in [0.3, 0.4) is 0 Å². The van der Waals surface area contributed by atoms with Crippen molar-refractivity contribution >= 4 is 26.8 Å². The van der Waals surface area contributed by atoms with Crippen LogP contribution in [0, 0.1) is 6.08 Å². The van der Waals surface area contributed by atoms with E-state index in [-0.39, 0.29) is 11.1 Å². The van der Waals surface area contributed by atoms with E-state index in [2.05, 4.69) is 25.9 Å². The van der Waals surface area contributed by atoms with Crippen molar-refractivity contribution < 1.29 is 13.2 Å². The molecule has 1 aromatic carbocycles. The summed E-state index contributed by atoms with van der Waals surface area (Å²) in [4.78, 5) is 6.73. The summed E-state index contributed by atoms with van der Waals surface area (Å²) in [5, 5.41) is 0.368. The molecule has 84 valence electrons. The largest absolute Gasteiger partial charge is 0.309 e. The minimum atomic E-state index is -3.08. The molecule has 0 atom stereocenters. The molecule has 0 aliphatic rings. The highest BCUT2D eigenvalue weighted by Crippen LogP contribution is 2.34. The predicted molar refractivity (Wildman–Crippen MR) is 56.8 cm³/mol. The summed E-state index contributed by atoms with van der Waals surface area (Å²) >= 11 is 3.11. The van der Waals surface area contributed by atoms with Gasteiger partial charge in [-0.1, -0.05) is 15.9 Å². The molecular weight excluding hydrogens is 285 g/mol. The highest BCUT2D eigenvalue weighted by Gasteiger charge is 2.28. The van der Waals surface area contributed by atoms with E-state index in [4.69, 9.17) is 0 Å². The molecule has 2 rings (SSSR count). The summed E-state index contributed by atoms with van der Waals surface area (Å²) in [5.41, 5.74) is -0.388. The number of hydrogen-bond donors (Lipinski definition) is 0. The number of hydrogen-bond acceptors (Lipinski definition) is 2. The van der Waals surface area contributed by atoms with E-state index >= 15 is 0 Å². The molecule has 2 nitrogen and oxygen atoms in total. The van der Waals surface area contributed by atoms with Gasteiger partial charge in [0.05, 0.1) is 5.52 Å². The molecule has 0 fully saturated rings. The Morgan fingerprint density at radius 2 is 2.00 bits per heavy atom. The summed E-state index contributed by atoms with van der Waals surface area (Å²) in [6, 6.07) is 2.79. The zero-order valence-corrected chi connectivity index (χ0v) is 9.72. The molecule has 6 heteroatoms. The maximum atomic E-state index is 13.3. The van der Waals surface area contributed by atoms with Gasteiger partial charge in [0.1, 0.15) is 0 Å². The van der Waals surface area contributed by atoms with Crippen molar-refractivity contribution in [3.05, 3.63) is 34.4 Å². The standard InChI is InChI=1S/C10H6BrF3N2/c1-10(13,14)7-3-6(11)2-5-4-15-9(12)16-8(5)7/h2-4H,1H3. The van der Waals surface area contributed by atoms with Gasteiger partial charge in [-0.05, 0) is 12.1 Å². The lowest BCUT2D eigenvalue weighted by molar-refractivity contribution is 0.0188. The first-order valence-electron chi connectivity index (χ1n) is 4.38. The van der Waals surface area contributed by atoms with Crippen LogP contribution in [0.2, 0.25) is 0 Å². The summed E-state index contributed by atoms with van der Waals surface area (Å²) in [6.07, 6.45) is 0.165. The first-order valence-corrected chi connectivity index (χ1v) is 5.17. The van der Waals surface area contributed by atoms with E-state index in [0.29, 0.717) is 9.86 Å². The molecule has 0 spiro atoms. The lowest BCUT2D eigenvalue weighted by Gasteiger charge is -2.13. The van der Waals surface area contributed by atoms with Crippen molar-refractivity contribution in [2.45, 2.75) is 12.8 Å². The van der Waals surface area contributed by atoms with Crippen LogP contribution in [0.25, 0.3) is 10.9 Å². The van der Waals surface area contributed by atoms with Gasteiger partial charge >= 0.3 is 6.08 Å². The Morgan fingerprint density at radius 1 is 1.31 bits per heavy atom. The smallest absolute Gasteiger partial charge is 0.210 e. The van der Waals surface area contributed by atoms with E-state index in [0.717, 1.165) is 6.92 Å². The Morgan fingerprint density at radius 3 is 2.62 bits per heavy atom. The van der Waals surface area contributed by atoms with Crippen LogP contribution < -0.4 is 0 Å². The molecule has 2 aromatic rings. The Labute approximate surface area is 97.6 Å². The fourth-order valence-electron chi connectivity index (χ4n) is 1.42. The monoisotopic (exact) mass is 290 g/mol. The van der Waals surface area contributed by atoms with Crippen LogP contribution in [-0.2, 0) is 5.92 Å². The van der Waals surface area contributed by atoms with Crippen LogP contribution >= 0.6 is 15.9 Å². The zero-order chi connectivity index (χ0) is 11.9.